The molecule has 0 N–H and O–H groups in total. The van der Waals surface area contributed by atoms with E-state index in [2.05, 4.69) is 0 Å². The third kappa shape index (κ3) is 4.64. The van der Waals surface area contributed by atoms with Crippen LogP contribution in [0.5, 0.6) is 0 Å². The van der Waals surface area contributed by atoms with Crippen molar-refractivity contribution in [1.29, 1.82) is 0 Å². The maximum Gasteiger partial charge on any atom is 0.253 e. The number of carbonyl (C=O) groups excluding carboxylic acids is 1. The summed E-state index contributed by atoms with van der Waals surface area (Å²) in [6.07, 6.45) is 5.68. The van der Waals surface area contributed by atoms with Crippen LogP contribution in [-0.4, -0.2) is 46.6 Å². The highest BCUT2D eigenvalue weighted by molar-refractivity contribution is 7.84. The summed E-state index contributed by atoms with van der Waals surface area (Å²) in [5, 5.41) is 0. The number of hydrogen-bond donors (Lipinski definition) is 0. The van der Waals surface area contributed by atoms with E-state index in [1.54, 1.807) is 0 Å². The molecule has 2 atom stereocenters. The highest BCUT2D eigenvalue weighted by Crippen LogP contribution is 2.17. The third-order valence-electron chi connectivity index (χ3n) is 4.57. The number of ether oxygens (including phenoxy) is 1. The minimum Gasteiger partial charge on any atom is -0.377 e. The quantitative estimate of drug-likeness (QED) is 0.831. The molecule has 2 heterocycles. The van der Waals surface area contributed by atoms with E-state index in [0.717, 1.165) is 56.5 Å². The molecule has 5 heteroatoms. The van der Waals surface area contributed by atoms with Crippen LogP contribution in [0.2, 0.25) is 0 Å². The molecular formula is C18H25NO3S. The first kappa shape index (κ1) is 16.7. The zero-order valence-corrected chi connectivity index (χ0v) is 14.4. The van der Waals surface area contributed by atoms with Crippen LogP contribution in [0.4, 0.5) is 0 Å². The Morgan fingerprint density at radius 2 is 1.87 bits per heavy atom. The minimum absolute atomic E-state index is 0.116. The number of likely N-dealkylation sites (tertiary alicyclic amines) is 1. The average Bonchev–Trinajstić information content (AvgIpc) is 3.10. The van der Waals surface area contributed by atoms with E-state index >= 15 is 0 Å². The molecule has 126 valence electrons. The van der Waals surface area contributed by atoms with E-state index < -0.39 is 10.8 Å². The third-order valence-corrected chi connectivity index (χ3v) is 5.97. The Labute approximate surface area is 140 Å². The summed E-state index contributed by atoms with van der Waals surface area (Å²) in [6, 6.07) is 7.60. The number of rotatable bonds is 5. The molecule has 2 fully saturated rings. The van der Waals surface area contributed by atoms with Gasteiger partial charge in [-0.3, -0.25) is 9.00 Å². The molecule has 0 aliphatic carbocycles. The fourth-order valence-electron chi connectivity index (χ4n) is 3.24. The Kier molecular flexibility index (Phi) is 5.84. The average molecular weight is 335 g/mol. The molecule has 0 spiro atoms. The standard InChI is InChI=1S/C18H25NO3S/c20-18(19-10-2-3-11-19)16-8-6-15(7-9-16)13-23(21)14-17-5-1-4-12-22-17/h6-9,17H,1-5,10-14H2. The van der Waals surface area contributed by atoms with E-state index in [-0.39, 0.29) is 12.0 Å². The van der Waals surface area contributed by atoms with Gasteiger partial charge in [-0.2, -0.15) is 0 Å². The van der Waals surface area contributed by atoms with E-state index in [1.165, 1.54) is 6.42 Å². The molecule has 1 aromatic rings. The number of hydrogen-bond acceptors (Lipinski definition) is 3. The second kappa shape index (κ2) is 8.06. The first-order valence-electron chi connectivity index (χ1n) is 8.57. The molecule has 2 unspecified atom stereocenters. The molecule has 1 aromatic carbocycles. The van der Waals surface area contributed by atoms with Crippen LogP contribution in [0, 0.1) is 0 Å². The van der Waals surface area contributed by atoms with Crippen molar-refractivity contribution in [2.24, 2.45) is 0 Å². The number of benzene rings is 1. The van der Waals surface area contributed by atoms with Crippen molar-refractivity contribution in [3.63, 3.8) is 0 Å². The second-order valence-electron chi connectivity index (χ2n) is 6.44. The van der Waals surface area contributed by atoms with Crippen LogP contribution in [-0.2, 0) is 21.3 Å². The molecule has 23 heavy (non-hydrogen) atoms. The lowest BCUT2D eigenvalue weighted by Gasteiger charge is -2.22. The van der Waals surface area contributed by atoms with Crippen LogP contribution in [0.15, 0.2) is 24.3 Å². The molecule has 2 saturated heterocycles. The van der Waals surface area contributed by atoms with Gasteiger partial charge in [-0.25, -0.2) is 0 Å². The van der Waals surface area contributed by atoms with Gasteiger partial charge >= 0.3 is 0 Å². The fourth-order valence-corrected chi connectivity index (χ4v) is 4.60. The van der Waals surface area contributed by atoms with E-state index in [9.17, 15) is 9.00 Å². The topological polar surface area (TPSA) is 46.6 Å². The van der Waals surface area contributed by atoms with Gasteiger partial charge in [0.1, 0.15) is 0 Å². The Balaban J connectivity index is 1.52. The van der Waals surface area contributed by atoms with Gasteiger partial charge in [0.25, 0.3) is 5.91 Å². The lowest BCUT2D eigenvalue weighted by Crippen LogP contribution is -2.27. The monoisotopic (exact) mass is 335 g/mol. The molecule has 0 aromatic heterocycles. The Morgan fingerprint density at radius 1 is 1.13 bits per heavy atom. The van der Waals surface area contributed by atoms with Gasteiger partial charge in [-0.1, -0.05) is 12.1 Å². The maximum absolute atomic E-state index is 12.3. The van der Waals surface area contributed by atoms with Crippen LogP contribution < -0.4 is 0 Å². The van der Waals surface area contributed by atoms with E-state index in [4.69, 9.17) is 4.74 Å². The molecule has 2 aliphatic heterocycles. The lowest BCUT2D eigenvalue weighted by atomic mass is 10.1. The molecule has 1 amide bonds. The molecule has 2 aliphatic rings. The van der Waals surface area contributed by atoms with Gasteiger partial charge < -0.3 is 9.64 Å². The van der Waals surface area contributed by atoms with Gasteiger partial charge in [-0.05, 0) is 49.8 Å². The first-order valence-corrected chi connectivity index (χ1v) is 10.1. The summed E-state index contributed by atoms with van der Waals surface area (Å²) < 4.78 is 17.9. The maximum atomic E-state index is 12.3. The van der Waals surface area contributed by atoms with Crippen molar-refractivity contribution in [2.75, 3.05) is 25.4 Å². The molecule has 4 nitrogen and oxygen atoms in total. The van der Waals surface area contributed by atoms with Crippen molar-refractivity contribution in [3.05, 3.63) is 35.4 Å². The highest BCUT2D eigenvalue weighted by atomic mass is 32.2. The van der Waals surface area contributed by atoms with Crippen molar-refractivity contribution < 1.29 is 13.7 Å². The number of carbonyl (C=O) groups is 1. The molecule has 3 rings (SSSR count). The summed E-state index contributed by atoms with van der Waals surface area (Å²) >= 11 is 0. The lowest BCUT2D eigenvalue weighted by molar-refractivity contribution is 0.0310. The van der Waals surface area contributed by atoms with Crippen molar-refractivity contribution in [3.8, 4) is 0 Å². The highest BCUT2D eigenvalue weighted by Gasteiger charge is 2.20. The Bertz CT molecular complexity index is 546. The Hall–Kier alpha value is -1.20. The molecule has 0 bridgehead atoms. The van der Waals surface area contributed by atoms with Crippen molar-refractivity contribution in [1.82, 2.24) is 4.90 Å². The molecule has 0 radical (unpaired) electrons. The van der Waals surface area contributed by atoms with Crippen LogP contribution in [0.1, 0.15) is 48.0 Å². The molecule has 0 saturated carbocycles. The largest absolute Gasteiger partial charge is 0.377 e. The number of nitrogens with zero attached hydrogens (tertiary/aromatic N) is 1. The second-order valence-corrected chi connectivity index (χ2v) is 7.94. The van der Waals surface area contributed by atoms with Gasteiger partial charge in [0.15, 0.2) is 0 Å². The zero-order chi connectivity index (χ0) is 16.1. The summed E-state index contributed by atoms with van der Waals surface area (Å²) in [6.45, 7) is 2.53. The van der Waals surface area contributed by atoms with Crippen molar-refractivity contribution >= 4 is 16.7 Å². The van der Waals surface area contributed by atoms with Gasteiger partial charge in [0.05, 0.1) is 11.9 Å². The summed E-state index contributed by atoms with van der Waals surface area (Å²) in [5.41, 5.74) is 1.76. The van der Waals surface area contributed by atoms with E-state index in [0.29, 0.717) is 11.5 Å². The normalized spacial score (nSPS) is 23.0. The van der Waals surface area contributed by atoms with E-state index in [1.807, 2.05) is 29.2 Å². The van der Waals surface area contributed by atoms with Gasteiger partial charge in [-0.15, -0.1) is 0 Å². The summed E-state index contributed by atoms with van der Waals surface area (Å²) in [7, 11) is -0.908. The van der Waals surface area contributed by atoms with Crippen LogP contribution >= 0.6 is 0 Å². The molecular weight excluding hydrogens is 310 g/mol. The van der Waals surface area contributed by atoms with Crippen molar-refractivity contribution in [2.45, 2.75) is 44.0 Å². The predicted molar refractivity (Wildman–Crippen MR) is 91.9 cm³/mol. The minimum atomic E-state index is -0.908. The fraction of sp³-hybridized carbons (Fsp3) is 0.611. The first-order chi connectivity index (χ1) is 11.2. The van der Waals surface area contributed by atoms with Gasteiger partial charge in [0, 0.05) is 41.8 Å². The zero-order valence-electron chi connectivity index (χ0n) is 13.5. The smallest absolute Gasteiger partial charge is 0.253 e. The van der Waals surface area contributed by atoms with Gasteiger partial charge in [0.2, 0.25) is 0 Å². The number of amides is 1. The Morgan fingerprint density at radius 3 is 2.52 bits per heavy atom. The van der Waals surface area contributed by atoms with Crippen LogP contribution in [0.3, 0.4) is 0 Å². The summed E-state index contributed by atoms with van der Waals surface area (Å²) in [4.78, 5) is 14.2. The van der Waals surface area contributed by atoms with Crippen LogP contribution in [0.25, 0.3) is 0 Å². The SMILES string of the molecule is O=C(c1ccc(CS(=O)CC2CCCCO2)cc1)N1CCCC1. The summed E-state index contributed by atoms with van der Waals surface area (Å²) in [5.74, 6) is 1.28. The predicted octanol–water partition coefficient (Wildman–Crippen LogP) is 2.74.